The van der Waals surface area contributed by atoms with E-state index < -0.39 is 0 Å². The predicted octanol–water partition coefficient (Wildman–Crippen LogP) is 1.68. The lowest BCUT2D eigenvalue weighted by molar-refractivity contribution is 0.0994. The van der Waals surface area contributed by atoms with Gasteiger partial charge in [-0.1, -0.05) is 12.2 Å². The first-order valence-corrected chi connectivity index (χ1v) is 3.52. The van der Waals surface area contributed by atoms with Crippen LogP contribution in [0.1, 0.15) is 22.3 Å². The Balaban J connectivity index is 2.63. The van der Waals surface area contributed by atoms with Crippen molar-refractivity contribution in [2.75, 3.05) is 0 Å². The van der Waals surface area contributed by atoms with Crippen LogP contribution < -0.4 is 0 Å². The minimum atomic E-state index is 0.163. The maximum Gasteiger partial charge on any atom is 0.168 e. The molecule has 0 spiro atoms. The van der Waals surface area contributed by atoms with Gasteiger partial charge in [0.25, 0.3) is 0 Å². The molecule has 2 rings (SSSR count). The molecule has 0 amide bonds. The average Bonchev–Trinajstić information content (AvgIpc) is 2.06. The third-order valence-corrected chi connectivity index (χ3v) is 1.76. The Morgan fingerprint density at radius 1 is 1.45 bits per heavy atom. The molecular weight excluding hydrogens is 138 g/mol. The standard InChI is InChI=1S/C9H7NO/c11-9-3-1-2-7-4-5-10-6-8(7)9/h1-2,4-6H,3H2. The van der Waals surface area contributed by atoms with E-state index >= 15 is 0 Å². The van der Waals surface area contributed by atoms with Gasteiger partial charge in [0.05, 0.1) is 0 Å². The minimum Gasteiger partial charge on any atom is -0.294 e. The van der Waals surface area contributed by atoms with Crippen LogP contribution in [0.4, 0.5) is 0 Å². The second-order valence-corrected chi connectivity index (χ2v) is 2.49. The van der Waals surface area contributed by atoms with Crippen molar-refractivity contribution in [2.24, 2.45) is 0 Å². The van der Waals surface area contributed by atoms with E-state index in [1.807, 2.05) is 18.2 Å². The van der Waals surface area contributed by atoms with Gasteiger partial charge in [0, 0.05) is 24.4 Å². The fourth-order valence-electron chi connectivity index (χ4n) is 1.19. The minimum absolute atomic E-state index is 0.163. The number of pyridine rings is 1. The molecule has 0 atom stereocenters. The van der Waals surface area contributed by atoms with Gasteiger partial charge in [0.15, 0.2) is 5.78 Å². The zero-order valence-electron chi connectivity index (χ0n) is 5.95. The molecule has 0 radical (unpaired) electrons. The fourth-order valence-corrected chi connectivity index (χ4v) is 1.19. The molecule has 1 aliphatic carbocycles. The summed E-state index contributed by atoms with van der Waals surface area (Å²) >= 11 is 0. The van der Waals surface area contributed by atoms with Gasteiger partial charge in [-0.25, -0.2) is 0 Å². The van der Waals surface area contributed by atoms with E-state index in [2.05, 4.69) is 4.98 Å². The molecule has 1 aliphatic rings. The van der Waals surface area contributed by atoms with Gasteiger partial charge >= 0.3 is 0 Å². The normalized spacial score (nSPS) is 14.7. The van der Waals surface area contributed by atoms with E-state index in [0.717, 1.165) is 11.1 Å². The van der Waals surface area contributed by atoms with Crippen LogP contribution in [0.5, 0.6) is 0 Å². The molecule has 0 aliphatic heterocycles. The van der Waals surface area contributed by atoms with Crippen molar-refractivity contribution < 1.29 is 4.79 Å². The van der Waals surface area contributed by atoms with Gasteiger partial charge in [-0.15, -0.1) is 0 Å². The summed E-state index contributed by atoms with van der Waals surface area (Å²) in [6.45, 7) is 0. The predicted molar refractivity (Wildman–Crippen MR) is 42.2 cm³/mol. The summed E-state index contributed by atoms with van der Waals surface area (Å²) in [5.74, 6) is 0.163. The summed E-state index contributed by atoms with van der Waals surface area (Å²) in [6, 6.07) is 1.85. The molecule has 1 aromatic heterocycles. The maximum atomic E-state index is 11.2. The lowest BCUT2D eigenvalue weighted by Gasteiger charge is -2.06. The van der Waals surface area contributed by atoms with E-state index in [4.69, 9.17) is 0 Å². The van der Waals surface area contributed by atoms with Crippen LogP contribution in [0.3, 0.4) is 0 Å². The zero-order chi connectivity index (χ0) is 7.68. The molecule has 11 heavy (non-hydrogen) atoms. The highest BCUT2D eigenvalue weighted by atomic mass is 16.1. The fraction of sp³-hybridized carbons (Fsp3) is 0.111. The van der Waals surface area contributed by atoms with Crippen molar-refractivity contribution in [3.63, 3.8) is 0 Å². The van der Waals surface area contributed by atoms with E-state index in [-0.39, 0.29) is 5.78 Å². The Morgan fingerprint density at radius 3 is 3.18 bits per heavy atom. The van der Waals surface area contributed by atoms with Gasteiger partial charge < -0.3 is 0 Å². The van der Waals surface area contributed by atoms with E-state index in [1.165, 1.54) is 0 Å². The number of aromatic nitrogens is 1. The molecule has 0 saturated carbocycles. The molecule has 0 N–H and O–H groups in total. The highest BCUT2D eigenvalue weighted by molar-refractivity contribution is 6.02. The molecule has 54 valence electrons. The van der Waals surface area contributed by atoms with Crippen LogP contribution in [0, 0.1) is 0 Å². The summed E-state index contributed by atoms with van der Waals surface area (Å²) < 4.78 is 0. The molecule has 0 fully saturated rings. The van der Waals surface area contributed by atoms with Gasteiger partial charge in [-0.2, -0.15) is 0 Å². The molecular formula is C9H7NO. The van der Waals surface area contributed by atoms with E-state index in [9.17, 15) is 4.79 Å². The molecule has 0 unspecified atom stereocenters. The molecule has 0 saturated heterocycles. The Kier molecular flexibility index (Phi) is 1.32. The van der Waals surface area contributed by atoms with Gasteiger partial charge in [-0.05, 0) is 11.6 Å². The van der Waals surface area contributed by atoms with Crippen molar-refractivity contribution >= 4 is 11.9 Å². The van der Waals surface area contributed by atoms with Crippen molar-refractivity contribution in [1.29, 1.82) is 0 Å². The summed E-state index contributed by atoms with van der Waals surface area (Å²) in [4.78, 5) is 15.1. The number of fused-ring (bicyclic) bond motifs is 1. The number of carbonyl (C=O) groups is 1. The number of Topliss-reactive ketones (excluding diaryl/α,β-unsaturated/α-hetero) is 1. The first-order valence-electron chi connectivity index (χ1n) is 3.52. The lowest BCUT2D eigenvalue weighted by Crippen LogP contribution is -2.03. The Bertz CT molecular complexity index is 328. The van der Waals surface area contributed by atoms with Crippen LogP contribution in [0.15, 0.2) is 24.5 Å². The number of allylic oxidation sites excluding steroid dienone is 1. The number of ketones is 1. The summed E-state index contributed by atoms with van der Waals surface area (Å²) in [5.41, 5.74) is 1.73. The number of rotatable bonds is 0. The van der Waals surface area contributed by atoms with E-state index in [0.29, 0.717) is 6.42 Å². The second-order valence-electron chi connectivity index (χ2n) is 2.49. The number of hydrogen-bond acceptors (Lipinski definition) is 2. The van der Waals surface area contributed by atoms with Crippen molar-refractivity contribution in [1.82, 2.24) is 4.98 Å². The number of carbonyl (C=O) groups excluding carboxylic acids is 1. The molecule has 1 heterocycles. The molecule has 0 bridgehead atoms. The Morgan fingerprint density at radius 2 is 2.36 bits per heavy atom. The smallest absolute Gasteiger partial charge is 0.168 e. The number of nitrogens with zero attached hydrogens (tertiary/aromatic N) is 1. The highest BCUT2D eigenvalue weighted by Crippen LogP contribution is 2.16. The van der Waals surface area contributed by atoms with E-state index in [1.54, 1.807) is 12.4 Å². The Hall–Kier alpha value is -1.44. The molecule has 2 nitrogen and oxygen atoms in total. The lowest BCUT2D eigenvalue weighted by atomic mass is 9.99. The summed E-state index contributed by atoms with van der Waals surface area (Å²) in [6.07, 6.45) is 7.67. The topological polar surface area (TPSA) is 30.0 Å². The van der Waals surface area contributed by atoms with Gasteiger partial charge in [0.2, 0.25) is 0 Å². The summed E-state index contributed by atoms with van der Waals surface area (Å²) in [7, 11) is 0. The van der Waals surface area contributed by atoms with Crippen molar-refractivity contribution in [2.45, 2.75) is 6.42 Å². The third kappa shape index (κ3) is 0.963. The van der Waals surface area contributed by atoms with Crippen LogP contribution in [-0.2, 0) is 0 Å². The Labute approximate surface area is 64.6 Å². The van der Waals surface area contributed by atoms with Crippen LogP contribution in [0.2, 0.25) is 0 Å². The average molecular weight is 145 g/mol. The quantitative estimate of drug-likeness (QED) is 0.556. The molecule has 1 aromatic rings. The SMILES string of the molecule is O=C1CC=Cc2ccncc21. The van der Waals surface area contributed by atoms with Gasteiger partial charge in [-0.3, -0.25) is 9.78 Å². The first-order chi connectivity index (χ1) is 5.38. The largest absolute Gasteiger partial charge is 0.294 e. The van der Waals surface area contributed by atoms with Crippen LogP contribution in [0.25, 0.3) is 6.08 Å². The van der Waals surface area contributed by atoms with Crippen molar-refractivity contribution in [3.8, 4) is 0 Å². The first kappa shape index (κ1) is 6.28. The number of hydrogen-bond donors (Lipinski definition) is 0. The highest BCUT2D eigenvalue weighted by Gasteiger charge is 2.11. The zero-order valence-corrected chi connectivity index (χ0v) is 5.95. The second kappa shape index (κ2) is 2.31. The third-order valence-electron chi connectivity index (χ3n) is 1.76. The molecule has 0 aromatic carbocycles. The maximum absolute atomic E-state index is 11.2. The monoisotopic (exact) mass is 145 g/mol. The van der Waals surface area contributed by atoms with Crippen LogP contribution >= 0.6 is 0 Å². The van der Waals surface area contributed by atoms with Crippen LogP contribution in [-0.4, -0.2) is 10.8 Å². The van der Waals surface area contributed by atoms with Crippen molar-refractivity contribution in [3.05, 3.63) is 35.7 Å². The molecule has 2 heteroatoms. The summed E-state index contributed by atoms with van der Waals surface area (Å²) in [5, 5.41) is 0. The van der Waals surface area contributed by atoms with Gasteiger partial charge in [0.1, 0.15) is 0 Å².